The summed E-state index contributed by atoms with van der Waals surface area (Å²) in [5, 5.41) is 4.34. The molecule has 8 nitrogen and oxygen atoms in total. The molecule has 1 unspecified atom stereocenters. The van der Waals surface area contributed by atoms with Crippen LogP contribution in [0.1, 0.15) is 35.6 Å². The van der Waals surface area contributed by atoms with E-state index < -0.39 is 29.2 Å². The molecule has 4 rings (SSSR count). The third kappa shape index (κ3) is 3.47. The summed E-state index contributed by atoms with van der Waals surface area (Å²) in [6.45, 7) is 8.39. The van der Waals surface area contributed by atoms with Gasteiger partial charge in [0.15, 0.2) is 0 Å². The summed E-state index contributed by atoms with van der Waals surface area (Å²) in [7, 11) is 1.78. The van der Waals surface area contributed by atoms with Crippen molar-refractivity contribution in [1.29, 1.82) is 0 Å². The van der Waals surface area contributed by atoms with Gasteiger partial charge in [-0.2, -0.15) is 5.10 Å². The van der Waals surface area contributed by atoms with Gasteiger partial charge in [-0.1, -0.05) is 13.8 Å². The van der Waals surface area contributed by atoms with Gasteiger partial charge < -0.3 is 9.80 Å². The maximum absolute atomic E-state index is 13.5. The lowest BCUT2D eigenvalue weighted by molar-refractivity contribution is -0.119. The molecule has 164 valence electrons. The van der Waals surface area contributed by atoms with Crippen molar-refractivity contribution in [1.82, 2.24) is 19.6 Å². The highest BCUT2D eigenvalue weighted by Crippen LogP contribution is 2.33. The van der Waals surface area contributed by atoms with Crippen molar-refractivity contribution in [2.24, 2.45) is 12.5 Å². The van der Waals surface area contributed by atoms with Gasteiger partial charge in [-0.3, -0.25) is 14.3 Å². The Balaban J connectivity index is 1.69. The second kappa shape index (κ2) is 7.18. The first kappa shape index (κ1) is 21.0. The summed E-state index contributed by atoms with van der Waals surface area (Å²) in [5.74, 6) is -1.05. The Bertz CT molecular complexity index is 1080. The molecular formula is C22H26FN5O3. The summed E-state index contributed by atoms with van der Waals surface area (Å²) in [4.78, 5) is 44.1. The van der Waals surface area contributed by atoms with E-state index in [1.165, 1.54) is 29.2 Å². The van der Waals surface area contributed by atoms with E-state index in [0.717, 1.165) is 10.6 Å². The zero-order chi connectivity index (χ0) is 22.7. The molecule has 2 fully saturated rings. The molecule has 4 amide bonds. The fourth-order valence-electron chi connectivity index (χ4n) is 4.52. The third-order valence-corrected chi connectivity index (χ3v) is 6.02. The Morgan fingerprint density at radius 3 is 2.35 bits per heavy atom. The number of benzene rings is 1. The molecule has 0 radical (unpaired) electrons. The second-order valence-electron chi connectivity index (χ2n) is 9.10. The molecule has 2 saturated heterocycles. The molecule has 0 N–H and O–H groups in total. The Labute approximate surface area is 180 Å². The molecule has 0 spiro atoms. The minimum Gasteiger partial charge on any atom is -0.335 e. The van der Waals surface area contributed by atoms with Crippen LogP contribution in [0.2, 0.25) is 0 Å². The van der Waals surface area contributed by atoms with Crippen LogP contribution in [0.4, 0.5) is 14.9 Å². The fourth-order valence-corrected chi connectivity index (χ4v) is 4.52. The van der Waals surface area contributed by atoms with Gasteiger partial charge in [-0.05, 0) is 38.1 Å². The monoisotopic (exact) mass is 427 g/mol. The molecule has 9 heteroatoms. The van der Waals surface area contributed by atoms with E-state index in [1.54, 1.807) is 23.6 Å². The lowest BCUT2D eigenvalue weighted by Gasteiger charge is -2.30. The molecule has 0 aliphatic carbocycles. The van der Waals surface area contributed by atoms with Crippen molar-refractivity contribution in [3.63, 3.8) is 0 Å². The van der Waals surface area contributed by atoms with E-state index in [0.29, 0.717) is 30.0 Å². The van der Waals surface area contributed by atoms with Crippen molar-refractivity contribution >= 4 is 23.5 Å². The van der Waals surface area contributed by atoms with Gasteiger partial charge in [0.1, 0.15) is 11.9 Å². The molecule has 1 aromatic carbocycles. The minimum absolute atomic E-state index is 0.0955. The molecule has 31 heavy (non-hydrogen) atoms. The molecule has 2 aliphatic rings. The average molecular weight is 427 g/mol. The predicted molar refractivity (Wildman–Crippen MR) is 112 cm³/mol. The SMILES string of the molecule is Cc1nn(C)c(C)c1C(=O)N1CC2C(=O)N(c3ccc(F)cc3)C(=O)N2CC(C)(C)C1. The smallest absolute Gasteiger partial charge is 0.332 e. The van der Waals surface area contributed by atoms with Gasteiger partial charge in [0.25, 0.3) is 11.8 Å². The number of urea groups is 1. The number of carbonyl (C=O) groups excluding carboxylic acids is 3. The van der Waals surface area contributed by atoms with Crippen LogP contribution in [0, 0.1) is 25.1 Å². The second-order valence-corrected chi connectivity index (χ2v) is 9.10. The molecule has 1 atom stereocenters. The van der Waals surface area contributed by atoms with Crippen molar-refractivity contribution < 1.29 is 18.8 Å². The maximum atomic E-state index is 13.5. The van der Waals surface area contributed by atoms with E-state index in [9.17, 15) is 18.8 Å². The summed E-state index contributed by atoms with van der Waals surface area (Å²) in [6, 6.07) is 4.01. The summed E-state index contributed by atoms with van der Waals surface area (Å²) >= 11 is 0. The van der Waals surface area contributed by atoms with Crippen LogP contribution < -0.4 is 4.90 Å². The number of aryl methyl sites for hydroxylation is 2. The highest BCUT2D eigenvalue weighted by molar-refractivity contribution is 6.21. The van der Waals surface area contributed by atoms with Crippen molar-refractivity contribution in [3.8, 4) is 0 Å². The molecule has 3 heterocycles. The number of aromatic nitrogens is 2. The zero-order valence-corrected chi connectivity index (χ0v) is 18.3. The third-order valence-electron chi connectivity index (χ3n) is 6.02. The number of hydrogen-bond acceptors (Lipinski definition) is 4. The predicted octanol–water partition coefficient (Wildman–Crippen LogP) is 2.50. The molecule has 0 bridgehead atoms. The Morgan fingerprint density at radius 1 is 1.13 bits per heavy atom. The Kier molecular flexibility index (Phi) is 4.87. The molecular weight excluding hydrogens is 401 g/mol. The highest BCUT2D eigenvalue weighted by atomic mass is 19.1. The Hall–Kier alpha value is -3.23. The lowest BCUT2D eigenvalue weighted by Crippen LogP contribution is -2.44. The van der Waals surface area contributed by atoms with Crippen molar-refractivity contribution in [2.75, 3.05) is 24.5 Å². The quantitative estimate of drug-likeness (QED) is 0.690. The summed E-state index contributed by atoms with van der Waals surface area (Å²) in [6.07, 6.45) is 0. The number of nitrogens with zero attached hydrogens (tertiary/aromatic N) is 5. The Morgan fingerprint density at radius 2 is 1.77 bits per heavy atom. The van der Waals surface area contributed by atoms with E-state index in [2.05, 4.69) is 5.10 Å². The van der Waals surface area contributed by atoms with Crippen LogP contribution in [0.5, 0.6) is 0 Å². The first-order chi connectivity index (χ1) is 14.5. The normalized spacial score (nSPS) is 20.8. The maximum Gasteiger partial charge on any atom is 0.332 e. The largest absolute Gasteiger partial charge is 0.335 e. The van der Waals surface area contributed by atoms with E-state index in [4.69, 9.17) is 0 Å². The van der Waals surface area contributed by atoms with Crippen LogP contribution in [-0.4, -0.2) is 63.1 Å². The van der Waals surface area contributed by atoms with E-state index >= 15 is 0 Å². The number of rotatable bonds is 2. The fraction of sp³-hybridized carbons (Fsp3) is 0.455. The topological polar surface area (TPSA) is 78.8 Å². The number of amides is 4. The molecule has 2 aromatic rings. The number of hydrogen-bond donors (Lipinski definition) is 0. The van der Waals surface area contributed by atoms with Crippen LogP contribution in [0.3, 0.4) is 0 Å². The minimum atomic E-state index is -0.791. The highest BCUT2D eigenvalue weighted by Gasteiger charge is 2.51. The van der Waals surface area contributed by atoms with E-state index in [-0.39, 0.29) is 12.5 Å². The van der Waals surface area contributed by atoms with Gasteiger partial charge in [-0.15, -0.1) is 0 Å². The first-order valence-electron chi connectivity index (χ1n) is 10.2. The number of fused-ring (bicyclic) bond motifs is 1. The van der Waals surface area contributed by atoms with E-state index in [1.807, 2.05) is 20.8 Å². The lowest BCUT2D eigenvalue weighted by atomic mass is 9.92. The standard InChI is InChI=1S/C22H26FN5O3/c1-13-18(14(2)25(5)24-13)20(30)26-10-17-19(29)28(16-8-6-15(23)7-9-16)21(31)27(17)12-22(3,4)11-26/h6-9,17H,10-12H2,1-5H3. The molecule has 2 aliphatic heterocycles. The van der Waals surface area contributed by atoms with Gasteiger partial charge >= 0.3 is 6.03 Å². The van der Waals surface area contributed by atoms with Crippen LogP contribution in [-0.2, 0) is 11.8 Å². The van der Waals surface area contributed by atoms with Crippen LogP contribution in [0.25, 0.3) is 0 Å². The molecule has 0 saturated carbocycles. The molecule has 1 aromatic heterocycles. The average Bonchev–Trinajstić information content (AvgIpc) is 3.00. The summed E-state index contributed by atoms with van der Waals surface area (Å²) in [5.41, 5.74) is 1.80. The number of anilines is 1. The van der Waals surface area contributed by atoms with Crippen molar-refractivity contribution in [2.45, 2.75) is 33.7 Å². The number of halogens is 1. The van der Waals surface area contributed by atoms with Gasteiger partial charge in [0.2, 0.25) is 0 Å². The number of carbonyl (C=O) groups is 3. The van der Waals surface area contributed by atoms with Gasteiger partial charge in [0, 0.05) is 31.2 Å². The van der Waals surface area contributed by atoms with Gasteiger partial charge in [-0.25, -0.2) is 14.1 Å². The van der Waals surface area contributed by atoms with Crippen LogP contribution in [0.15, 0.2) is 24.3 Å². The van der Waals surface area contributed by atoms with Crippen LogP contribution >= 0.6 is 0 Å². The zero-order valence-electron chi connectivity index (χ0n) is 18.3. The van der Waals surface area contributed by atoms with Crippen molar-refractivity contribution in [3.05, 3.63) is 47.0 Å². The first-order valence-corrected chi connectivity index (χ1v) is 10.2. The summed E-state index contributed by atoms with van der Waals surface area (Å²) < 4.78 is 15.0. The van der Waals surface area contributed by atoms with Gasteiger partial charge in [0.05, 0.1) is 23.5 Å². The number of imide groups is 1.